The highest BCUT2D eigenvalue weighted by Crippen LogP contribution is 2.23. The van der Waals surface area contributed by atoms with E-state index in [4.69, 9.17) is 16.3 Å². The molecule has 2 rings (SSSR count). The second-order valence-electron chi connectivity index (χ2n) is 6.40. The third kappa shape index (κ3) is 5.46. The van der Waals surface area contributed by atoms with Gasteiger partial charge in [-0.25, -0.2) is 15.0 Å². The third-order valence-corrected chi connectivity index (χ3v) is 4.25. The van der Waals surface area contributed by atoms with Crippen LogP contribution >= 0.6 is 0 Å². The number of rotatable bonds is 7. The number of nitrogens with zero attached hydrogens (tertiary/aromatic N) is 3. The highest BCUT2D eigenvalue weighted by atomic mass is 19.1. The summed E-state index contributed by atoms with van der Waals surface area (Å²) in [4.78, 5) is 26.5. The van der Waals surface area contributed by atoms with Crippen molar-refractivity contribution >= 4 is 11.9 Å². The van der Waals surface area contributed by atoms with Gasteiger partial charge in [-0.2, -0.15) is 0 Å². The SMILES string of the molecule is C\C=C/C(=C(F)\C=C(/C)N1CC(CN(N)/C=C\N)OC1=O)N1C=CC(=O)CC1. The Kier molecular flexibility index (Phi) is 7.39. The Morgan fingerprint density at radius 1 is 1.46 bits per heavy atom. The first-order valence-electron chi connectivity index (χ1n) is 8.92. The van der Waals surface area contributed by atoms with Crippen LogP contribution in [0.2, 0.25) is 0 Å². The summed E-state index contributed by atoms with van der Waals surface area (Å²) in [6, 6.07) is 0. The van der Waals surface area contributed by atoms with Crippen LogP contribution in [0, 0.1) is 0 Å². The minimum atomic E-state index is -0.562. The van der Waals surface area contributed by atoms with E-state index >= 15 is 0 Å². The Hall–Kier alpha value is -3.07. The summed E-state index contributed by atoms with van der Waals surface area (Å²) in [6.45, 7) is 4.31. The molecular weight excluding hydrogens is 365 g/mol. The van der Waals surface area contributed by atoms with Gasteiger partial charge < -0.3 is 20.4 Å². The van der Waals surface area contributed by atoms with Crippen LogP contribution in [0.25, 0.3) is 0 Å². The fourth-order valence-corrected chi connectivity index (χ4v) is 2.88. The second kappa shape index (κ2) is 9.75. The lowest BCUT2D eigenvalue weighted by Crippen LogP contribution is -2.35. The Balaban J connectivity index is 2.17. The molecule has 1 amide bonds. The quantitative estimate of drug-likeness (QED) is 0.388. The Morgan fingerprint density at radius 3 is 2.82 bits per heavy atom. The van der Waals surface area contributed by atoms with Crippen LogP contribution in [0.3, 0.4) is 0 Å². The van der Waals surface area contributed by atoms with Crippen molar-refractivity contribution in [1.29, 1.82) is 0 Å². The fraction of sp³-hybridized carbons (Fsp3) is 0.368. The molecular formula is C19H26FN5O3. The molecule has 0 aliphatic carbocycles. The molecule has 152 valence electrons. The van der Waals surface area contributed by atoms with E-state index in [1.165, 1.54) is 34.5 Å². The topological polar surface area (TPSA) is 105 Å². The standard InChI is InChI=1S/C19H26FN5O3/c1-3-4-18(23-8-5-15(26)6-9-23)17(20)11-14(2)25-13-16(28-19(25)27)12-24(22)10-7-21/h3-5,7-8,10-11,16H,6,9,12-13,21-22H2,1-2H3/b4-3-,10-7-,14-11+,18-17-. The summed E-state index contributed by atoms with van der Waals surface area (Å²) in [5, 5.41) is 1.31. The number of ether oxygens (including phenoxy) is 1. The van der Waals surface area contributed by atoms with Crippen molar-refractivity contribution in [1.82, 2.24) is 14.8 Å². The van der Waals surface area contributed by atoms with E-state index in [0.29, 0.717) is 24.4 Å². The molecule has 0 spiro atoms. The molecule has 0 bridgehead atoms. The van der Waals surface area contributed by atoms with E-state index in [9.17, 15) is 14.0 Å². The van der Waals surface area contributed by atoms with Crippen LogP contribution in [-0.4, -0.2) is 52.4 Å². The number of carbonyl (C=O) groups is 2. The van der Waals surface area contributed by atoms with Gasteiger partial charge in [0.1, 0.15) is 11.9 Å². The maximum Gasteiger partial charge on any atom is 0.414 e. The van der Waals surface area contributed by atoms with Gasteiger partial charge in [0.05, 0.1) is 18.8 Å². The van der Waals surface area contributed by atoms with Crippen LogP contribution in [-0.2, 0) is 9.53 Å². The molecule has 0 aromatic heterocycles. The summed E-state index contributed by atoms with van der Waals surface area (Å²) in [5.74, 6) is 5.20. The number of halogens is 1. The third-order valence-electron chi connectivity index (χ3n) is 4.25. The van der Waals surface area contributed by atoms with Gasteiger partial charge in [0, 0.05) is 37.3 Å². The maximum atomic E-state index is 14.9. The predicted molar refractivity (Wildman–Crippen MR) is 103 cm³/mol. The van der Waals surface area contributed by atoms with Gasteiger partial charge in [-0.05, 0) is 32.1 Å². The molecule has 1 unspecified atom stereocenters. The van der Waals surface area contributed by atoms with Crippen molar-refractivity contribution in [2.24, 2.45) is 11.6 Å². The highest BCUT2D eigenvalue weighted by Gasteiger charge is 2.33. The summed E-state index contributed by atoms with van der Waals surface area (Å²) in [6.07, 6.45) is 9.64. The Labute approximate surface area is 163 Å². The van der Waals surface area contributed by atoms with Gasteiger partial charge in [0.2, 0.25) is 0 Å². The summed E-state index contributed by atoms with van der Waals surface area (Å²) in [5.41, 5.74) is 5.99. The molecule has 0 saturated carbocycles. The van der Waals surface area contributed by atoms with E-state index in [1.54, 1.807) is 37.1 Å². The van der Waals surface area contributed by atoms with E-state index < -0.39 is 18.0 Å². The lowest BCUT2D eigenvalue weighted by atomic mass is 10.1. The van der Waals surface area contributed by atoms with Crippen molar-refractivity contribution in [2.75, 3.05) is 19.6 Å². The summed E-state index contributed by atoms with van der Waals surface area (Å²) < 4.78 is 20.2. The van der Waals surface area contributed by atoms with E-state index in [-0.39, 0.29) is 18.9 Å². The van der Waals surface area contributed by atoms with Gasteiger partial charge in [-0.1, -0.05) is 6.08 Å². The molecule has 8 nitrogen and oxygen atoms in total. The average molecular weight is 391 g/mol. The van der Waals surface area contributed by atoms with Gasteiger partial charge in [0.25, 0.3) is 0 Å². The summed E-state index contributed by atoms with van der Waals surface area (Å²) >= 11 is 0. The number of amides is 1. The minimum absolute atomic E-state index is 0.00694. The Bertz CT molecular complexity index is 757. The second-order valence-corrected chi connectivity index (χ2v) is 6.40. The predicted octanol–water partition coefficient (Wildman–Crippen LogP) is 1.86. The van der Waals surface area contributed by atoms with Crippen molar-refractivity contribution in [2.45, 2.75) is 26.4 Å². The molecule has 28 heavy (non-hydrogen) atoms. The minimum Gasteiger partial charge on any atom is -0.442 e. The molecule has 2 aliphatic heterocycles. The number of nitrogens with two attached hydrogens (primary N) is 2. The average Bonchev–Trinajstić information content (AvgIpc) is 3.00. The first-order chi connectivity index (χ1) is 13.3. The lowest BCUT2D eigenvalue weighted by molar-refractivity contribution is -0.115. The monoisotopic (exact) mass is 391 g/mol. The van der Waals surface area contributed by atoms with E-state index in [1.807, 2.05) is 0 Å². The van der Waals surface area contributed by atoms with Gasteiger partial charge in [-0.3, -0.25) is 9.69 Å². The zero-order chi connectivity index (χ0) is 20.7. The number of ketones is 1. The number of hydrazine groups is 1. The number of carbonyl (C=O) groups excluding carboxylic acids is 2. The molecule has 0 aromatic rings. The molecule has 1 fully saturated rings. The summed E-state index contributed by atoms with van der Waals surface area (Å²) in [7, 11) is 0. The fourth-order valence-electron chi connectivity index (χ4n) is 2.88. The molecule has 0 aromatic carbocycles. The molecule has 1 atom stereocenters. The normalized spacial score (nSPS) is 21.7. The maximum absolute atomic E-state index is 14.9. The van der Waals surface area contributed by atoms with Crippen LogP contribution < -0.4 is 11.6 Å². The first kappa shape index (κ1) is 21.2. The zero-order valence-electron chi connectivity index (χ0n) is 16.0. The Morgan fingerprint density at radius 2 is 2.21 bits per heavy atom. The van der Waals surface area contributed by atoms with Crippen molar-refractivity contribution < 1.29 is 18.7 Å². The lowest BCUT2D eigenvalue weighted by Gasteiger charge is -2.24. The molecule has 2 heterocycles. The van der Waals surface area contributed by atoms with Crippen LogP contribution in [0.15, 0.2) is 60.1 Å². The van der Waals surface area contributed by atoms with Gasteiger partial charge in [0.15, 0.2) is 5.78 Å². The highest BCUT2D eigenvalue weighted by molar-refractivity contribution is 5.90. The van der Waals surface area contributed by atoms with E-state index in [0.717, 1.165) is 0 Å². The van der Waals surface area contributed by atoms with Gasteiger partial charge in [-0.15, -0.1) is 0 Å². The molecule has 9 heteroatoms. The molecule has 2 aliphatic rings. The number of hydrogen-bond acceptors (Lipinski definition) is 7. The zero-order valence-corrected chi connectivity index (χ0v) is 16.0. The van der Waals surface area contributed by atoms with Crippen molar-refractivity contribution in [3.63, 3.8) is 0 Å². The van der Waals surface area contributed by atoms with Gasteiger partial charge >= 0.3 is 6.09 Å². The van der Waals surface area contributed by atoms with Crippen LogP contribution in [0.5, 0.6) is 0 Å². The molecule has 1 saturated heterocycles. The number of hydrogen-bond donors (Lipinski definition) is 2. The van der Waals surface area contributed by atoms with Crippen LogP contribution in [0.1, 0.15) is 20.3 Å². The van der Waals surface area contributed by atoms with Crippen LogP contribution in [0.4, 0.5) is 9.18 Å². The first-order valence-corrected chi connectivity index (χ1v) is 8.92. The van der Waals surface area contributed by atoms with Crippen molar-refractivity contribution in [3.8, 4) is 0 Å². The largest absolute Gasteiger partial charge is 0.442 e. The number of allylic oxidation sites excluding steroid dienone is 6. The van der Waals surface area contributed by atoms with E-state index in [2.05, 4.69) is 0 Å². The smallest absolute Gasteiger partial charge is 0.414 e. The number of cyclic esters (lactones) is 1. The molecule has 0 radical (unpaired) electrons. The molecule has 4 N–H and O–H groups in total. The van der Waals surface area contributed by atoms with Crippen molar-refractivity contribution in [3.05, 3.63) is 60.1 Å².